The minimum atomic E-state index is -0.547. The standard InChI is InChI=1S/C13H10O4/c14-10-6-7-15-11-8-16-13(17-12(10)11)9-4-2-1-3-5-9/h1-7,13H,8H2. The van der Waals surface area contributed by atoms with Gasteiger partial charge in [0.05, 0.1) is 6.26 Å². The summed E-state index contributed by atoms with van der Waals surface area (Å²) in [6, 6.07) is 10.8. The van der Waals surface area contributed by atoms with Gasteiger partial charge in [0.2, 0.25) is 17.5 Å². The van der Waals surface area contributed by atoms with Crippen molar-refractivity contribution in [3.8, 4) is 5.75 Å². The van der Waals surface area contributed by atoms with E-state index in [9.17, 15) is 4.79 Å². The summed E-state index contributed by atoms with van der Waals surface area (Å²) in [4.78, 5) is 11.6. The van der Waals surface area contributed by atoms with Crippen molar-refractivity contribution in [2.75, 3.05) is 0 Å². The Hall–Kier alpha value is -2.07. The number of benzene rings is 1. The first-order valence-electron chi connectivity index (χ1n) is 5.28. The maximum Gasteiger partial charge on any atom is 0.227 e. The summed E-state index contributed by atoms with van der Waals surface area (Å²) in [5.74, 6) is 0.678. The third kappa shape index (κ3) is 1.83. The molecule has 4 heteroatoms. The van der Waals surface area contributed by atoms with E-state index in [1.165, 1.54) is 12.3 Å². The van der Waals surface area contributed by atoms with Crippen LogP contribution < -0.4 is 10.2 Å². The van der Waals surface area contributed by atoms with E-state index in [0.29, 0.717) is 5.76 Å². The molecule has 0 radical (unpaired) electrons. The van der Waals surface area contributed by atoms with Crippen molar-refractivity contribution in [3.63, 3.8) is 0 Å². The maximum absolute atomic E-state index is 11.6. The summed E-state index contributed by atoms with van der Waals surface area (Å²) in [5.41, 5.74) is 0.692. The second-order valence-electron chi connectivity index (χ2n) is 3.71. The zero-order valence-electron chi connectivity index (χ0n) is 8.96. The van der Waals surface area contributed by atoms with Crippen molar-refractivity contribution >= 4 is 0 Å². The van der Waals surface area contributed by atoms with Crippen LogP contribution in [0.15, 0.2) is 51.9 Å². The smallest absolute Gasteiger partial charge is 0.227 e. The van der Waals surface area contributed by atoms with Gasteiger partial charge in [0.1, 0.15) is 6.61 Å². The molecule has 0 saturated heterocycles. The molecule has 0 amide bonds. The fourth-order valence-corrected chi connectivity index (χ4v) is 1.73. The second kappa shape index (κ2) is 4.07. The van der Waals surface area contributed by atoms with Gasteiger partial charge in [0.15, 0.2) is 5.76 Å². The molecule has 1 aromatic carbocycles. The first kappa shape index (κ1) is 10.1. The number of rotatable bonds is 1. The number of ether oxygens (including phenoxy) is 2. The maximum atomic E-state index is 11.6. The zero-order chi connectivity index (χ0) is 11.7. The highest BCUT2D eigenvalue weighted by molar-refractivity contribution is 5.27. The van der Waals surface area contributed by atoms with Gasteiger partial charge >= 0.3 is 0 Å². The normalized spacial score (nSPS) is 18.2. The van der Waals surface area contributed by atoms with Crippen molar-refractivity contribution in [2.45, 2.75) is 12.9 Å². The predicted molar refractivity (Wildman–Crippen MR) is 59.6 cm³/mol. The largest absolute Gasteiger partial charge is 0.463 e. The van der Waals surface area contributed by atoms with Crippen molar-refractivity contribution in [3.05, 3.63) is 64.2 Å². The summed E-state index contributed by atoms with van der Waals surface area (Å²) in [5, 5.41) is 0. The van der Waals surface area contributed by atoms with Crippen molar-refractivity contribution in [1.29, 1.82) is 0 Å². The van der Waals surface area contributed by atoms with Gasteiger partial charge in [-0.2, -0.15) is 0 Å². The molecular formula is C13H10O4. The van der Waals surface area contributed by atoms with Crippen molar-refractivity contribution < 1.29 is 13.9 Å². The van der Waals surface area contributed by atoms with Crippen LogP contribution in [0.1, 0.15) is 17.6 Å². The van der Waals surface area contributed by atoms with E-state index in [0.717, 1.165) is 5.56 Å². The molecule has 3 rings (SSSR count). The predicted octanol–water partition coefficient (Wildman–Crippen LogP) is 2.25. The highest BCUT2D eigenvalue weighted by Gasteiger charge is 2.25. The molecule has 0 fully saturated rings. The second-order valence-corrected chi connectivity index (χ2v) is 3.71. The Morgan fingerprint density at radius 3 is 2.76 bits per heavy atom. The summed E-state index contributed by atoms with van der Waals surface area (Å²) in [6.45, 7) is 0.241. The Morgan fingerprint density at radius 1 is 1.12 bits per heavy atom. The molecule has 17 heavy (non-hydrogen) atoms. The first-order valence-corrected chi connectivity index (χ1v) is 5.28. The van der Waals surface area contributed by atoms with Crippen molar-refractivity contribution in [1.82, 2.24) is 0 Å². The molecule has 1 aliphatic heterocycles. The molecule has 2 heterocycles. The summed E-state index contributed by atoms with van der Waals surface area (Å²) in [7, 11) is 0. The van der Waals surface area contributed by atoms with E-state index in [1.54, 1.807) is 0 Å². The summed E-state index contributed by atoms with van der Waals surface area (Å²) >= 11 is 0. The van der Waals surface area contributed by atoms with Gasteiger partial charge in [0, 0.05) is 11.6 Å². The lowest BCUT2D eigenvalue weighted by molar-refractivity contribution is -0.120. The Bertz CT molecular complexity index is 573. The van der Waals surface area contributed by atoms with Gasteiger partial charge in [-0.3, -0.25) is 4.79 Å². The van der Waals surface area contributed by atoms with Crippen molar-refractivity contribution in [2.24, 2.45) is 0 Å². The van der Waals surface area contributed by atoms with Crippen LogP contribution in [0, 0.1) is 0 Å². The molecule has 0 spiro atoms. The monoisotopic (exact) mass is 230 g/mol. The minimum absolute atomic E-state index is 0.185. The van der Waals surface area contributed by atoms with Crippen LogP contribution in [0.3, 0.4) is 0 Å². The third-order valence-electron chi connectivity index (χ3n) is 2.57. The van der Waals surface area contributed by atoms with Crippen LogP contribution in [0.4, 0.5) is 0 Å². The highest BCUT2D eigenvalue weighted by atomic mass is 16.7. The molecule has 0 bridgehead atoms. The topological polar surface area (TPSA) is 48.7 Å². The quantitative estimate of drug-likeness (QED) is 0.753. The fraction of sp³-hybridized carbons (Fsp3) is 0.154. The van der Waals surface area contributed by atoms with Crippen LogP contribution in [0.25, 0.3) is 0 Å². The molecule has 86 valence electrons. The molecule has 1 aromatic heterocycles. The average molecular weight is 230 g/mol. The molecule has 0 N–H and O–H groups in total. The fourth-order valence-electron chi connectivity index (χ4n) is 1.73. The van der Waals surface area contributed by atoms with Gasteiger partial charge in [-0.05, 0) is 0 Å². The first-order chi connectivity index (χ1) is 8.34. The Kier molecular flexibility index (Phi) is 2.42. The van der Waals surface area contributed by atoms with E-state index in [-0.39, 0.29) is 17.8 Å². The van der Waals surface area contributed by atoms with Crippen LogP contribution in [0.2, 0.25) is 0 Å². The molecule has 1 unspecified atom stereocenters. The van der Waals surface area contributed by atoms with E-state index < -0.39 is 6.29 Å². The number of hydrogen-bond acceptors (Lipinski definition) is 4. The molecule has 4 nitrogen and oxygen atoms in total. The van der Waals surface area contributed by atoms with Gasteiger partial charge < -0.3 is 13.9 Å². The van der Waals surface area contributed by atoms with Gasteiger partial charge in [-0.1, -0.05) is 30.3 Å². The molecule has 1 atom stereocenters. The lowest BCUT2D eigenvalue weighted by atomic mass is 10.2. The SMILES string of the molecule is O=c1ccoc2c1OC(c1ccccc1)OC2. The minimum Gasteiger partial charge on any atom is -0.463 e. The van der Waals surface area contributed by atoms with Gasteiger partial charge in [-0.25, -0.2) is 0 Å². The number of hydrogen-bond donors (Lipinski definition) is 0. The van der Waals surface area contributed by atoms with Gasteiger partial charge in [-0.15, -0.1) is 0 Å². The molecule has 0 aliphatic carbocycles. The molecule has 2 aromatic rings. The lowest BCUT2D eigenvalue weighted by Gasteiger charge is -2.24. The zero-order valence-corrected chi connectivity index (χ0v) is 8.96. The van der Waals surface area contributed by atoms with Crippen LogP contribution in [0.5, 0.6) is 5.75 Å². The lowest BCUT2D eigenvalue weighted by Crippen LogP contribution is -2.22. The summed E-state index contributed by atoms with van der Waals surface area (Å²) < 4.78 is 16.2. The summed E-state index contributed by atoms with van der Waals surface area (Å²) in [6.07, 6.45) is 0.797. The molecule has 1 aliphatic rings. The van der Waals surface area contributed by atoms with E-state index in [2.05, 4.69) is 0 Å². The average Bonchev–Trinajstić information content (AvgIpc) is 2.40. The third-order valence-corrected chi connectivity index (χ3v) is 2.57. The van der Waals surface area contributed by atoms with E-state index in [1.807, 2.05) is 30.3 Å². The number of fused-ring (bicyclic) bond motifs is 1. The Morgan fingerprint density at radius 2 is 1.94 bits per heavy atom. The van der Waals surface area contributed by atoms with Crippen LogP contribution >= 0.6 is 0 Å². The molecule has 0 saturated carbocycles. The Balaban J connectivity index is 1.96. The van der Waals surface area contributed by atoms with Crippen LogP contribution in [-0.4, -0.2) is 0 Å². The van der Waals surface area contributed by atoms with E-state index in [4.69, 9.17) is 13.9 Å². The molecular weight excluding hydrogens is 220 g/mol. The van der Waals surface area contributed by atoms with E-state index >= 15 is 0 Å². The highest BCUT2D eigenvalue weighted by Crippen LogP contribution is 2.29. The van der Waals surface area contributed by atoms with Gasteiger partial charge in [0.25, 0.3) is 0 Å². The Labute approximate surface area is 97.4 Å². The van der Waals surface area contributed by atoms with Crippen LogP contribution in [-0.2, 0) is 11.3 Å².